The first-order valence-corrected chi connectivity index (χ1v) is 10.7. The van der Waals surface area contributed by atoms with Gasteiger partial charge in [0.2, 0.25) is 17.7 Å². The molecule has 0 saturated carbocycles. The van der Waals surface area contributed by atoms with Crippen LogP contribution in [0.5, 0.6) is 0 Å². The Morgan fingerprint density at radius 2 is 1.73 bits per heavy atom. The van der Waals surface area contributed by atoms with Gasteiger partial charge in [-0.05, 0) is 19.8 Å². The number of amides is 3. The fourth-order valence-electron chi connectivity index (χ4n) is 2.63. The van der Waals surface area contributed by atoms with Gasteiger partial charge in [-0.2, -0.15) is 12.6 Å². The zero-order valence-electron chi connectivity index (χ0n) is 18.2. The number of rotatable bonds is 14. The molecule has 4 atom stereocenters. The van der Waals surface area contributed by atoms with Crippen molar-refractivity contribution in [1.82, 2.24) is 25.9 Å². The van der Waals surface area contributed by atoms with Gasteiger partial charge >= 0.3 is 5.97 Å². The molecule has 0 aliphatic rings. The van der Waals surface area contributed by atoms with Gasteiger partial charge in [0, 0.05) is 30.6 Å². The molecule has 14 nitrogen and oxygen atoms in total. The number of aliphatic imine (C=N–C) groups is 1. The average molecular weight is 486 g/mol. The molecule has 0 radical (unpaired) electrons. The Balaban J connectivity index is 3.00. The van der Waals surface area contributed by atoms with E-state index >= 15 is 0 Å². The summed E-state index contributed by atoms with van der Waals surface area (Å²) in [5.41, 5.74) is 16.7. The van der Waals surface area contributed by atoms with E-state index in [0.29, 0.717) is 12.1 Å². The van der Waals surface area contributed by atoms with Crippen LogP contribution in [-0.4, -0.2) is 81.2 Å². The van der Waals surface area contributed by atoms with Crippen molar-refractivity contribution in [3.05, 3.63) is 18.2 Å². The lowest BCUT2D eigenvalue weighted by atomic mass is 10.1. The summed E-state index contributed by atoms with van der Waals surface area (Å²) in [5, 5.41) is 16.6. The van der Waals surface area contributed by atoms with Gasteiger partial charge < -0.3 is 43.2 Å². The second-order valence-electron chi connectivity index (χ2n) is 7.22. The summed E-state index contributed by atoms with van der Waals surface area (Å²) >= 11 is 3.92. The van der Waals surface area contributed by atoms with E-state index in [2.05, 4.69) is 43.5 Å². The van der Waals surface area contributed by atoms with E-state index in [0.717, 1.165) is 0 Å². The van der Waals surface area contributed by atoms with Crippen molar-refractivity contribution >= 4 is 42.3 Å². The van der Waals surface area contributed by atoms with Crippen LogP contribution in [0.15, 0.2) is 17.5 Å². The first-order chi connectivity index (χ1) is 15.5. The number of nitrogens with zero attached hydrogens (tertiary/aromatic N) is 2. The van der Waals surface area contributed by atoms with Gasteiger partial charge in [0.05, 0.1) is 12.4 Å². The Morgan fingerprint density at radius 3 is 2.24 bits per heavy atom. The molecule has 0 saturated heterocycles. The Hall–Kier alpha value is -3.33. The fraction of sp³-hybridized carbons (Fsp3) is 0.556. The van der Waals surface area contributed by atoms with E-state index < -0.39 is 47.9 Å². The molecule has 33 heavy (non-hydrogen) atoms. The molecular weight excluding hydrogens is 454 g/mol. The van der Waals surface area contributed by atoms with Crippen molar-refractivity contribution in [2.24, 2.45) is 22.2 Å². The van der Waals surface area contributed by atoms with Crippen LogP contribution in [0.4, 0.5) is 0 Å². The van der Waals surface area contributed by atoms with E-state index in [1.807, 2.05) is 0 Å². The Kier molecular flexibility index (Phi) is 11.7. The molecule has 1 aromatic heterocycles. The highest BCUT2D eigenvalue weighted by molar-refractivity contribution is 7.80. The lowest BCUT2D eigenvalue weighted by molar-refractivity contribution is -0.141. The number of imidazole rings is 1. The molecular formula is C18H31N9O5S. The molecule has 1 aromatic rings. The predicted octanol–water partition coefficient (Wildman–Crippen LogP) is -3.18. The molecule has 15 heteroatoms. The van der Waals surface area contributed by atoms with E-state index in [-0.39, 0.29) is 31.1 Å². The van der Waals surface area contributed by atoms with Crippen LogP contribution in [-0.2, 0) is 25.6 Å². The molecule has 0 aliphatic carbocycles. The Labute approximate surface area is 195 Å². The van der Waals surface area contributed by atoms with Crippen LogP contribution in [0.3, 0.4) is 0 Å². The minimum absolute atomic E-state index is 0.0566. The van der Waals surface area contributed by atoms with Gasteiger partial charge in [-0.15, -0.1) is 0 Å². The first-order valence-electron chi connectivity index (χ1n) is 10.1. The molecule has 3 amide bonds. The van der Waals surface area contributed by atoms with Crippen LogP contribution < -0.4 is 33.2 Å². The predicted molar refractivity (Wildman–Crippen MR) is 123 cm³/mol. The van der Waals surface area contributed by atoms with Crippen molar-refractivity contribution in [3.63, 3.8) is 0 Å². The third-order valence-electron chi connectivity index (χ3n) is 4.40. The molecule has 0 aliphatic heterocycles. The topological polar surface area (TPSA) is 244 Å². The van der Waals surface area contributed by atoms with Gasteiger partial charge in [-0.25, -0.2) is 9.78 Å². The van der Waals surface area contributed by atoms with Crippen molar-refractivity contribution in [2.75, 3.05) is 12.3 Å². The van der Waals surface area contributed by atoms with E-state index in [1.54, 1.807) is 0 Å². The molecule has 4 unspecified atom stereocenters. The first kappa shape index (κ1) is 27.7. The van der Waals surface area contributed by atoms with E-state index in [4.69, 9.17) is 17.2 Å². The monoisotopic (exact) mass is 485 g/mol. The summed E-state index contributed by atoms with van der Waals surface area (Å²) in [6.45, 7) is 1.65. The normalized spacial score (nSPS) is 14.3. The smallest absolute Gasteiger partial charge is 0.327 e. The summed E-state index contributed by atoms with van der Waals surface area (Å²) in [6, 6.07) is -4.31. The van der Waals surface area contributed by atoms with Crippen molar-refractivity contribution in [1.29, 1.82) is 0 Å². The number of carboxylic acid groups (broad SMARTS) is 1. The highest BCUT2D eigenvalue weighted by Crippen LogP contribution is 2.04. The number of H-pyrrole nitrogens is 1. The van der Waals surface area contributed by atoms with Crippen LogP contribution in [0.1, 0.15) is 25.5 Å². The molecule has 184 valence electrons. The number of hydrogen-bond acceptors (Lipinski definition) is 8. The highest BCUT2D eigenvalue weighted by atomic mass is 32.1. The maximum atomic E-state index is 13.0. The number of aliphatic carboxylic acids is 1. The van der Waals surface area contributed by atoms with Gasteiger partial charge in [-0.1, -0.05) is 0 Å². The molecule has 11 N–H and O–H groups in total. The number of carboxylic acids is 1. The number of guanidine groups is 1. The van der Waals surface area contributed by atoms with Crippen LogP contribution >= 0.6 is 12.6 Å². The van der Waals surface area contributed by atoms with Gasteiger partial charge in [0.1, 0.15) is 18.1 Å². The summed E-state index contributed by atoms with van der Waals surface area (Å²) in [7, 11) is 0. The summed E-state index contributed by atoms with van der Waals surface area (Å²) in [6.07, 6.45) is 3.38. The number of nitrogens with two attached hydrogens (primary N) is 3. The van der Waals surface area contributed by atoms with E-state index in [9.17, 15) is 24.3 Å². The number of carbonyl (C=O) groups is 4. The second-order valence-corrected chi connectivity index (χ2v) is 7.59. The Morgan fingerprint density at radius 1 is 1.12 bits per heavy atom. The average Bonchev–Trinajstić information content (AvgIpc) is 3.25. The maximum absolute atomic E-state index is 13.0. The largest absolute Gasteiger partial charge is 0.480 e. The lowest BCUT2D eigenvalue weighted by Gasteiger charge is -2.24. The van der Waals surface area contributed by atoms with Crippen LogP contribution in [0, 0.1) is 0 Å². The summed E-state index contributed by atoms with van der Waals surface area (Å²) in [5.74, 6) is -3.51. The van der Waals surface area contributed by atoms with E-state index in [1.165, 1.54) is 19.4 Å². The van der Waals surface area contributed by atoms with Crippen LogP contribution in [0.2, 0.25) is 0 Å². The van der Waals surface area contributed by atoms with Crippen LogP contribution in [0.25, 0.3) is 0 Å². The molecule has 0 spiro atoms. The van der Waals surface area contributed by atoms with Gasteiger partial charge in [0.25, 0.3) is 0 Å². The Bertz CT molecular complexity index is 827. The highest BCUT2D eigenvalue weighted by Gasteiger charge is 2.29. The zero-order valence-corrected chi connectivity index (χ0v) is 19.0. The fourth-order valence-corrected chi connectivity index (χ4v) is 2.88. The second kappa shape index (κ2) is 13.9. The van der Waals surface area contributed by atoms with Gasteiger partial charge in [-0.3, -0.25) is 19.4 Å². The summed E-state index contributed by atoms with van der Waals surface area (Å²) < 4.78 is 0. The van der Waals surface area contributed by atoms with Crippen molar-refractivity contribution in [3.8, 4) is 0 Å². The minimum atomic E-state index is -1.27. The minimum Gasteiger partial charge on any atom is -0.480 e. The number of aromatic nitrogens is 2. The number of nitrogens with one attached hydrogen (secondary N) is 4. The third kappa shape index (κ3) is 10.2. The van der Waals surface area contributed by atoms with Crippen molar-refractivity contribution in [2.45, 2.75) is 50.4 Å². The number of hydrogen-bond donors (Lipinski definition) is 9. The molecule has 1 rings (SSSR count). The van der Waals surface area contributed by atoms with Gasteiger partial charge in [0.15, 0.2) is 5.96 Å². The number of thiol groups is 1. The van der Waals surface area contributed by atoms with Crippen molar-refractivity contribution < 1.29 is 24.3 Å². The number of carbonyl (C=O) groups excluding carboxylic acids is 3. The maximum Gasteiger partial charge on any atom is 0.327 e. The molecule has 0 bridgehead atoms. The zero-order chi connectivity index (χ0) is 25.0. The molecule has 0 aromatic carbocycles. The quantitative estimate of drug-likeness (QED) is 0.0557. The lowest BCUT2D eigenvalue weighted by Crippen LogP contribution is -2.57. The SMILES string of the molecule is CC(N)C(=O)NC(Cc1cnc[nH]1)C(=O)NC(CCCN=C(N)N)C(=O)NC(CS)C(=O)O. The standard InChI is InChI=1S/C18H31N9O5S/c1-9(19)14(28)26-12(5-10-6-22-8-24-10)16(30)25-11(3-2-4-23-18(20)21)15(29)27-13(7-33)17(31)32/h6,8-9,11-13,33H,2-5,7,19H2,1H3,(H,22,24)(H,25,30)(H,26,28)(H,27,29)(H,31,32)(H4,20,21,23). The third-order valence-corrected chi connectivity index (χ3v) is 4.77. The summed E-state index contributed by atoms with van der Waals surface area (Å²) in [4.78, 5) is 59.6. The molecule has 0 fully saturated rings. The molecule has 1 heterocycles. The number of aromatic amines is 1.